The maximum Gasteiger partial charge on any atom is 0.232 e. The fourth-order valence-electron chi connectivity index (χ4n) is 3.37. The number of nitrogens with zero attached hydrogens (tertiary/aromatic N) is 2. The second kappa shape index (κ2) is 8.03. The summed E-state index contributed by atoms with van der Waals surface area (Å²) in [6.07, 6.45) is 0.187. The van der Waals surface area contributed by atoms with Crippen molar-refractivity contribution in [2.24, 2.45) is 5.92 Å². The zero-order valence-corrected chi connectivity index (χ0v) is 15.5. The first-order chi connectivity index (χ1) is 13.0. The highest BCUT2D eigenvalue weighted by Crippen LogP contribution is 2.29. The van der Waals surface area contributed by atoms with E-state index in [4.69, 9.17) is 0 Å². The average molecular weight is 365 g/mol. The van der Waals surface area contributed by atoms with Gasteiger partial charge in [0, 0.05) is 43.5 Å². The van der Waals surface area contributed by atoms with E-state index in [1.807, 2.05) is 43.3 Å². The summed E-state index contributed by atoms with van der Waals surface area (Å²) < 4.78 is 0. The number of hydrogen-bond acceptors (Lipinski definition) is 3. The second-order valence-electron chi connectivity index (χ2n) is 6.55. The van der Waals surface area contributed by atoms with E-state index in [0.29, 0.717) is 24.5 Å². The number of carbonyl (C=O) groups excluding carboxylic acids is 3. The summed E-state index contributed by atoms with van der Waals surface area (Å²) >= 11 is 0. The summed E-state index contributed by atoms with van der Waals surface area (Å²) in [5.74, 6) is -0.688. The van der Waals surface area contributed by atoms with Gasteiger partial charge in [-0.15, -0.1) is 0 Å². The van der Waals surface area contributed by atoms with E-state index in [0.717, 1.165) is 5.69 Å². The molecule has 2 aromatic rings. The third kappa shape index (κ3) is 4.16. The topological polar surface area (TPSA) is 69.7 Å². The molecule has 1 unspecified atom stereocenters. The van der Waals surface area contributed by atoms with E-state index in [2.05, 4.69) is 5.32 Å². The van der Waals surface area contributed by atoms with Crippen LogP contribution in [-0.4, -0.2) is 30.8 Å². The summed E-state index contributed by atoms with van der Waals surface area (Å²) in [6, 6.07) is 16.6. The van der Waals surface area contributed by atoms with E-state index >= 15 is 0 Å². The third-order valence-electron chi connectivity index (χ3n) is 4.60. The predicted octanol–water partition coefficient (Wildman–Crippen LogP) is 3.05. The van der Waals surface area contributed by atoms with Crippen LogP contribution in [0.4, 0.5) is 17.1 Å². The molecule has 1 heterocycles. The van der Waals surface area contributed by atoms with Crippen LogP contribution in [0.1, 0.15) is 20.3 Å². The summed E-state index contributed by atoms with van der Waals surface area (Å²) in [6.45, 7) is 4.25. The molecule has 6 heteroatoms. The van der Waals surface area contributed by atoms with Crippen LogP contribution in [0.2, 0.25) is 0 Å². The van der Waals surface area contributed by atoms with Gasteiger partial charge in [-0.3, -0.25) is 14.4 Å². The van der Waals surface area contributed by atoms with Gasteiger partial charge in [0.1, 0.15) is 0 Å². The van der Waals surface area contributed by atoms with Crippen LogP contribution in [0.5, 0.6) is 0 Å². The molecule has 1 saturated heterocycles. The van der Waals surface area contributed by atoms with Crippen LogP contribution in [0.15, 0.2) is 54.6 Å². The number of carbonyl (C=O) groups is 3. The smallest absolute Gasteiger partial charge is 0.232 e. The third-order valence-corrected chi connectivity index (χ3v) is 4.60. The summed E-state index contributed by atoms with van der Waals surface area (Å²) in [7, 11) is 0. The molecule has 3 amide bonds. The average Bonchev–Trinajstić information content (AvgIpc) is 3.05. The van der Waals surface area contributed by atoms with Gasteiger partial charge in [0.2, 0.25) is 17.7 Å². The monoisotopic (exact) mass is 365 g/mol. The van der Waals surface area contributed by atoms with E-state index in [9.17, 15) is 14.4 Å². The minimum absolute atomic E-state index is 0.0439. The fraction of sp³-hybridized carbons (Fsp3) is 0.286. The molecule has 0 aromatic heterocycles. The number of para-hydroxylation sites is 1. The highest BCUT2D eigenvalue weighted by Gasteiger charge is 2.37. The first-order valence-corrected chi connectivity index (χ1v) is 9.04. The van der Waals surface area contributed by atoms with E-state index in [-0.39, 0.29) is 30.1 Å². The van der Waals surface area contributed by atoms with Gasteiger partial charge in [0.25, 0.3) is 0 Å². The standard InChI is InChI=1S/C21H23N3O3/c1-3-23(18-9-5-4-6-10-18)21(27)16-12-20(26)24(14-16)19-11-7-8-17(13-19)22-15(2)25/h4-11,13,16H,3,12,14H2,1-2H3,(H,22,25). The van der Waals surface area contributed by atoms with E-state index < -0.39 is 0 Å². The first kappa shape index (κ1) is 18.6. The molecule has 0 spiro atoms. The lowest BCUT2D eigenvalue weighted by Crippen LogP contribution is -2.37. The van der Waals surface area contributed by atoms with Gasteiger partial charge in [-0.1, -0.05) is 24.3 Å². The highest BCUT2D eigenvalue weighted by molar-refractivity contribution is 6.04. The SMILES string of the molecule is CCN(C(=O)C1CC(=O)N(c2cccc(NC(C)=O)c2)C1)c1ccccc1. The van der Waals surface area contributed by atoms with Crippen LogP contribution in [0.3, 0.4) is 0 Å². The molecule has 6 nitrogen and oxygen atoms in total. The Morgan fingerprint density at radius 3 is 2.56 bits per heavy atom. The molecule has 1 atom stereocenters. The zero-order valence-electron chi connectivity index (χ0n) is 15.5. The molecule has 0 aliphatic carbocycles. The number of rotatable bonds is 5. The second-order valence-corrected chi connectivity index (χ2v) is 6.55. The maximum absolute atomic E-state index is 13.0. The number of amides is 3. The van der Waals surface area contributed by atoms with Crippen LogP contribution < -0.4 is 15.1 Å². The van der Waals surface area contributed by atoms with Gasteiger partial charge in [-0.25, -0.2) is 0 Å². The van der Waals surface area contributed by atoms with Gasteiger partial charge in [-0.2, -0.15) is 0 Å². The molecule has 140 valence electrons. The predicted molar refractivity (Wildman–Crippen MR) is 106 cm³/mol. The summed E-state index contributed by atoms with van der Waals surface area (Å²) in [4.78, 5) is 40.1. The summed E-state index contributed by atoms with van der Waals surface area (Å²) in [5, 5.41) is 2.71. The minimum atomic E-state index is -0.387. The van der Waals surface area contributed by atoms with Gasteiger partial charge in [0.05, 0.1) is 5.92 Å². The first-order valence-electron chi connectivity index (χ1n) is 9.04. The molecule has 3 rings (SSSR count). The van der Waals surface area contributed by atoms with Crippen molar-refractivity contribution in [3.8, 4) is 0 Å². The lowest BCUT2D eigenvalue weighted by molar-refractivity contribution is -0.124. The molecule has 1 aliphatic rings. The molecule has 0 saturated carbocycles. The van der Waals surface area contributed by atoms with E-state index in [1.54, 1.807) is 28.0 Å². The Balaban J connectivity index is 1.77. The molecular formula is C21H23N3O3. The van der Waals surface area contributed by atoms with Crippen molar-refractivity contribution >= 4 is 34.8 Å². The number of anilines is 3. The normalized spacial score (nSPS) is 16.3. The lowest BCUT2D eigenvalue weighted by atomic mass is 10.1. The van der Waals surface area contributed by atoms with Crippen LogP contribution in [-0.2, 0) is 14.4 Å². The molecule has 0 bridgehead atoms. The number of nitrogens with one attached hydrogen (secondary N) is 1. The summed E-state index contributed by atoms with van der Waals surface area (Å²) in [5.41, 5.74) is 2.15. The van der Waals surface area contributed by atoms with Crippen LogP contribution in [0.25, 0.3) is 0 Å². The van der Waals surface area contributed by atoms with E-state index in [1.165, 1.54) is 6.92 Å². The number of hydrogen-bond donors (Lipinski definition) is 1. The van der Waals surface area contributed by atoms with Crippen molar-refractivity contribution in [1.82, 2.24) is 0 Å². The molecule has 1 fully saturated rings. The zero-order chi connectivity index (χ0) is 19.4. The molecule has 27 heavy (non-hydrogen) atoms. The highest BCUT2D eigenvalue weighted by atomic mass is 16.2. The molecule has 0 radical (unpaired) electrons. The van der Waals surface area contributed by atoms with Crippen molar-refractivity contribution in [1.29, 1.82) is 0 Å². The quantitative estimate of drug-likeness (QED) is 0.885. The van der Waals surface area contributed by atoms with Crippen LogP contribution in [0, 0.1) is 5.92 Å². The maximum atomic E-state index is 13.0. The van der Waals surface area contributed by atoms with Crippen LogP contribution >= 0.6 is 0 Å². The Bertz CT molecular complexity index is 851. The lowest BCUT2D eigenvalue weighted by Gasteiger charge is -2.24. The Hall–Kier alpha value is -3.15. The largest absolute Gasteiger partial charge is 0.326 e. The molecule has 1 N–H and O–H groups in total. The van der Waals surface area contributed by atoms with Crippen molar-refractivity contribution in [3.63, 3.8) is 0 Å². The Labute approximate surface area is 158 Å². The van der Waals surface area contributed by atoms with Gasteiger partial charge >= 0.3 is 0 Å². The van der Waals surface area contributed by atoms with Crippen molar-refractivity contribution in [2.75, 3.05) is 28.2 Å². The molecule has 1 aliphatic heterocycles. The van der Waals surface area contributed by atoms with Crippen molar-refractivity contribution in [2.45, 2.75) is 20.3 Å². The molecular weight excluding hydrogens is 342 g/mol. The Morgan fingerprint density at radius 1 is 1.15 bits per heavy atom. The Kier molecular flexibility index (Phi) is 5.54. The van der Waals surface area contributed by atoms with Crippen molar-refractivity contribution < 1.29 is 14.4 Å². The molecule has 2 aromatic carbocycles. The Morgan fingerprint density at radius 2 is 1.89 bits per heavy atom. The fourth-order valence-corrected chi connectivity index (χ4v) is 3.37. The van der Waals surface area contributed by atoms with Crippen molar-refractivity contribution in [3.05, 3.63) is 54.6 Å². The van der Waals surface area contributed by atoms with Gasteiger partial charge in [-0.05, 0) is 37.3 Å². The van der Waals surface area contributed by atoms with Gasteiger partial charge < -0.3 is 15.1 Å². The van der Waals surface area contributed by atoms with Gasteiger partial charge in [0.15, 0.2) is 0 Å². The minimum Gasteiger partial charge on any atom is -0.326 e. The number of benzene rings is 2.